The maximum absolute atomic E-state index is 16.2. The van der Waals surface area contributed by atoms with E-state index in [0.29, 0.717) is 0 Å². The third-order valence-electron chi connectivity index (χ3n) is 8.81. The summed E-state index contributed by atoms with van der Waals surface area (Å²) >= 11 is 0. The first-order chi connectivity index (χ1) is 27.7. The van der Waals surface area contributed by atoms with Crippen LogP contribution in [0.2, 0.25) is 0 Å². The quantitative estimate of drug-likeness (QED) is 0.119. The standard InChI is InChI=1S/C34H4F14N6O4S2/c1-52-29-13(32(53-2)54-3)5-12-16(19-21(35)25(39)30(26(40)22(19)36)59(55,56)33(43,44)45)15-11(4-10(14(15)8-51)9(6-49)7-50)17(18(12)29)20-23(37)27(41)31(28(42)24(20)38)60(57,58)34(46,47)48/h4-5H2. The molecule has 304 valence electrons. The van der Waals surface area contributed by atoms with E-state index in [2.05, 4.69) is 14.5 Å². The van der Waals surface area contributed by atoms with Crippen molar-refractivity contribution in [3.8, 4) is 40.5 Å². The van der Waals surface area contributed by atoms with Crippen LogP contribution in [0.4, 0.5) is 61.5 Å². The summed E-state index contributed by atoms with van der Waals surface area (Å²) in [7, 11) is -14.6. The minimum Gasteiger partial charge on any atom is -0.238 e. The van der Waals surface area contributed by atoms with Crippen LogP contribution in [0.25, 0.3) is 48.1 Å². The summed E-state index contributed by atoms with van der Waals surface area (Å²) in [4.78, 5) is 1.98. The second kappa shape index (κ2) is 14.2. The summed E-state index contributed by atoms with van der Waals surface area (Å²) in [6, 6.07) is 3.71. The minimum absolute atomic E-state index is 0.962. The Kier molecular flexibility index (Phi) is 10.4. The lowest BCUT2D eigenvalue weighted by Gasteiger charge is -2.20. The van der Waals surface area contributed by atoms with Crippen LogP contribution in [-0.2, 0) is 32.5 Å². The molecule has 2 aliphatic rings. The fourth-order valence-corrected chi connectivity index (χ4v) is 8.22. The zero-order valence-corrected chi connectivity index (χ0v) is 29.5. The van der Waals surface area contributed by atoms with Gasteiger partial charge in [0.15, 0.2) is 62.0 Å². The number of nitriles is 3. The van der Waals surface area contributed by atoms with Gasteiger partial charge in [0.25, 0.3) is 19.7 Å². The van der Waals surface area contributed by atoms with E-state index in [4.69, 9.17) is 19.7 Å². The minimum atomic E-state index is -7.32. The number of halogens is 14. The Morgan fingerprint density at radius 2 is 0.900 bits per heavy atom. The molecule has 0 unspecified atom stereocenters. The van der Waals surface area contributed by atoms with Crippen molar-refractivity contribution in [2.45, 2.75) is 33.6 Å². The van der Waals surface area contributed by atoms with Gasteiger partial charge in [-0.2, -0.15) is 51.8 Å². The van der Waals surface area contributed by atoms with Gasteiger partial charge < -0.3 is 0 Å². The van der Waals surface area contributed by atoms with Gasteiger partial charge in [-0.1, -0.05) is 0 Å². The van der Waals surface area contributed by atoms with E-state index in [1.165, 1.54) is 18.2 Å². The van der Waals surface area contributed by atoms with Crippen molar-refractivity contribution in [1.82, 2.24) is 0 Å². The van der Waals surface area contributed by atoms with Gasteiger partial charge in [-0.05, 0) is 33.9 Å². The molecule has 0 aliphatic heterocycles. The Morgan fingerprint density at radius 1 is 0.550 bits per heavy atom. The molecule has 60 heavy (non-hydrogen) atoms. The summed E-state index contributed by atoms with van der Waals surface area (Å²) in [5.41, 5.74) is -29.3. The molecule has 0 spiro atoms. The highest BCUT2D eigenvalue weighted by Gasteiger charge is 2.53. The number of hydrogen-bond donors (Lipinski definition) is 0. The number of alkyl halides is 6. The highest BCUT2D eigenvalue weighted by molar-refractivity contribution is 7.92. The van der Waals surface area contributed by atoms with E-state index < -0.39 is 177 Å². The average molecular weight is 891 g/mol. The van der Waals surface area contributed by atoms with Crippen molar-refractivity contribution in [1.29, 1.82) is 15.8 Å². The van der Waals surface area contributed by atoms with Gasteiger partial charge >= 0.3 is 16.8 Å². The van der Waals surface area contributed by atoms with Crippen LogP contribution in [-0.4, -0.2) is 27.9 Å². The highest BCUT2D eigenvalue weighted by atomic mass is 32.2. The van der Waals surface area contributed by atoms with Gasteiger partial charge in [0.1, 0.15) is 36.9 Å². The molecule has 0 saturated carbocycles. The third kappa shape index (κ3) is 5.83. The largest absolute Gasteiger partial charge is 0.512 e. The lowest BCUT2D eigenvalue weighted by molar-refractivity contribution is -0.0446. The number of fused-ring (bicyclic) bond motifs is 2. The summed E-state index contributed by atoms with van der Waals surface area (Å²) in [6.07, 6.45) is -2.81. The Labute approximate surface area is 323 Å². The first kappa shape index (κ1) is 43.9. The molecule has 2 aliphatic carbocycles. The van der Waals surface area contributed by atoms with Crippen LogP contribution in [0.15, 0.2) is 32.3 Å². The fourth-order valence-electron chi connectivity index (χ4n) is 6.45. The van der Waals surface area contributed by atoms with Crippen LogP contribution in [0.1, 0.15) is 11.1 Å². The molecule has 5 rings (SSSR count). The third-order valence-corrected chi connectivity index (χ3v) is 11.8. The maximum atomic E-state index is 16.2. The first-order valence-electron chi connectivity index (χ1n) is 14.8. The van der Waals surface area contributed by atoms with Gasteiger partial charge in [0.05, 0.1) is 28.8 Å². The second-order valence-corrected chi connectivity index (χ2v) is 15.4. The molecule has 3 aromatic carbocycles. The number of rotatable bonds is 4. The molecule has 0 N–H and O–H groups in total. The summed E-state index contributed by atoms with van der Waals surface area (Å²) in [6.45, 7) is 22.5. The van der Waals surface area contributed by atoms with E-state index in [1.807, 2.05) is 0 Å². The van der Waals surface area contributed by atoms with Gasteiger partial charge in [0.2, 0.25) is 0 Å². The van der Waals surface area contributed by atoms with Crippen LogP contribution in [0, 0.1) is 100 Å². The smallest absolute Gasteiger partial charge is 0.238 e. The Morgan fingerprint density at radius 3 is 1.22 bits per heavy atom. The average Bonchev–Trinajstić information content (AvgIpc) is 3.73. The molecule has 0 bridgehead atoms. The fraction of sp³-hybridized carbons (Fsp3) is 0.118. The van der Waals surface area contributed by atoms with E-state index in [-0.39, 0.29) is 0 Å². The summed E-state index contributed by atoms with van der Waals surface area (Å²) in [5, 5.41) is 26.7. The predicted molar refractivity (Wildman–Crippen MR) is 168 cm³/mol. The van der Waals surface area contributed by atoms with E-state index in [1.54, 1.807) is 0 Å². The van der Waals surface area contributed by atoms with Crippen molar-refractivity contribution in [3.63, 3.8) is 0 Å². The summed E-state index contributed by atoms with van der Waals surface area (Å²) in [5.74, 6) is -26.7. The molecule has 26 heteroatoms. The maximum Gasteiger partial charge on any atom is 0.512 e. The molecule has 0 amide bonds. The van der Waals surface area contributed by atoms with Crippen molar-refractivity contribution in [2.24, 2.45) is 0 Å². The highest BCUT2D eigenvalue weighted by Crippen LogP contribution is 2.46. The summed E-state index contributed by atoms with van der Waals surface area (Å²) < 4.78 is 255. The number of sulfone groups is 2. The Hall–Kier alpha value is -7.26. The number of allylic oxidation sites excluding steroid dienone is 2. The predicted octanol–water partition coefficient (Wildman–Crippen LogP) is 6.93. The van der Waals surface area contributed by atoms with Gasteiger partial charge in [-0.25, -0.2) is 56.8 Å². The Bertz CT molecular complexity index is 3000. The number of hydrogen-bond acceptors (Lipinski definition) is 7. The molecule has 0 aromatic heterocycles. The SMILES string of the molecule is [C-]#[N+]C([N+]#[C-])=C1Cc2c(-c3c(F)c(F)c(S(=O)(=O)C(F)(F)F)c(F)c3F)c3c(c(-c4c(F)c(F)c(S(=O)(=O)C(F)(F)F)c(F)c4F)c2=C1[N+]#[C-])CC(=C(C#N)C#N)C=3C#N. The van der Waals surface area contributed by atoms with E-state index in [9.17, 15) is 59.0 Å². The molecule has 0 heterocycles. The molecule has 0 atom stereocenters. The zero-order valence-electron chi connectivity index (χ0n) is 27.8. The molecular formula is C34H4F14N6O4S2. The lowest BCUT2D eigenvalue weighted by atomic mass is 9.86. The first-order valence-corrected chi connectivity index (χ1v) is 17.8. The van der Waals surface area contributed by atoms with Crippen molar-refractivity contribution in [2.75, 3.05) is 0 Å². The van der Waals surface area contributed by atoms with Crippen molar-refractivity contribution in [3.05, 3.63) is 125 Å². The number of nitrogens with zero attached hydrogens (tertiary/aromatic N) is 6. The molecule has 3 aromatic rings. The zero-order chi connectivity index (χ0) is 45.5. The van der Waals surface area contributed by atoms with Crippen LogP contribution in [0.5, 0.6) is 0 Å². The van der Waals surface area contributed by atoms with Crippen molar-refractivity contribution >= 4 is 30.9 Å². The van der Waals surface area contributed by atoms with Crippen LogP contribution in [0.3, 0.4) is 0 Å². The van der Waals surface area contributed by atoms with Gasteiger partial charge in [-0.15, -0.1) is 0 Å². The van der Waals surface area contributed by atoms with Gasteiger partial charge in [-0.3, -0.25) is 0 Å². The van der Waals surface area contributed by atoms with E-state index >= 15 is 35.1 Å². The monoisotopic (exact) mass is 890 g/mol. The van der Waals surface area contributed by atoms with Crippen molar-refractivity contribution < 1.29 is 78.3 Å². The normalized spacial score (nSPS) is 13.7. The molecule has 0 radical (unpaired) electrons. The number of benzene rings is 3. The van der Waals surface area contributed by atoms with E-state index in [0.717, 1.165) is 0 Å². The second-order valence-electron chi connectivity index (χ2n) is 11.7. The Balaban J connectivity index is 2.29. The van der Waals surface area contributed by atoms with Gasteiger partial charge in [0, 0.05) is 17.2 Å². The van der Waals surface area contributed by atoms with Crippen LogP contribution < -0.4 is 10.4 Å². The topological polar surface area (TPSA) is 153 Å². The molecular weight excluding hydrogens is 887 g/mol. The molecule has 0 saturated heterocycles. The molecule has 0 fully saturated rings. The van der Waals surface area contributed by atoms with Crippen LogP contribution >= 0.6 is 0 Å². The molecule has 10 nitrogen and oxygen atoms in total. The lowest BCUT2D eigenvalue weighted by Crippen LogP contribution is -2.29.